The summed E-state index contributed by atoms with van der Waals surface area (Å²) in [5.41, 5.74) is -1.37. The largest absolute Gasteiger partial charge is 0.419 e. The minimum absolute atomic E-state index is 0.0255. The molecule has 2 rings (SSSR count). The maximum atomic E-state index is 13.2. The molecule has 108 valence electrons. The number of rotatable bonds is 2. The van der Waals surface area contributed by atoms with Gasteiger partial charge in [0.25, 0.3) is 5.91 Å². The molecule has 1 saturated heterocycles. The van der Waals surface area contributed by atoms with Crippen molar-refractivity contribution in [2.24, 2.45) is 4.99 Å². The van der Waals surface area contributed by atoms with E-state index >= 15 is 0 Å². The number of carbonyl (C=O) groups excluding carboxylic acids is 1. The van der Waals surface area contributed by atoms with Crippen LogP contribution in [0.25, 0.3) is 0 Å². The molecule has 4 nitrogen and oxygen atoms in total. The third-order valence-corrected chi connectivity index (χ3v) is 2.73. The van der Waals surface area contributed by atoms with Gasteiger partial charge >= 0.3 is 6.18 Å². The fourth-order valence-electron chi connectivity index (χ4n) is 1.84. The van der Waals surface area contributed by atoms with Crippen LogP contribution in [-0.4, -0.2) is 18.4 Å². The Labute approximate surface area is 111 Å². The van der Waals surface area contributed by atoms with Crippen LogP contribution in [0.3, 0.4) is 0 Å². The van der Waals surface area contributed by atoms with Crippen LogP contribution in [0, 0.1) is 5.82 Å². The minimum atomic E-state index is -4.81. The lowest BCUT2D eigenvalue weighted by Gasteiger charge is -2.13. The first-order valence-corrected chi connectivity index (χ1v) is 5.81. The first-order valence-electron chi connectivity index (χ1n) is 5.81. The Kier molecular flexibility index (Phi) is 3.65. The smallest absolute Gasteiger partial charge is 0.340 e. The highest BCUT2D eigenvalue weighted by atomic mass is 19.4. The van der Waals surface area contributed by atoms with Crippen LogP contribution in [0.2, 0.25) is 0 Å². The van der Waals surface area contributed by atoms with Crippen molar-refractivity contribution in [3.05, 3.63) is 35.1 Å². The van der Waals surface area contributed by atoms with Gasteiger partial charge in [0.2, 0.25) is 0 Å². The summed E-state index contributed by atoms with van der Waals surface area (Å²) in [4.78, 5) is 15.6. The topological polar surface area (TPSA) is 53.5 Å². The van der Waals surface area contributed by atoms with E-state index in [4.69, 9.17) is 0 Å². The predicted molar refractivity (Wildman–Crippen MR) is 63.4 cm³/mol. The van der Waals surface area contributed by atoms with Gasteiger partial charge in [-0.05, 0) is 24.6 Å². The molecule has 1 amide bonds. The molecule has 1 aliphatic rings. The summed E-state index contributed by atoms with van der Waals surface area (Å²) in [5.74, 6) is -1.71. The van der Waals surface area contributed by atoms with Crippen LogP contribution in [0.5, 0.6) is 0 Å². The van der Waals surface area contributed by atoms with E-state index in [0.717, 1.165) is 6.07 Å². The van der Waals surface area contributed by atoms with E-state index < -0.39 is 29.5 Å². The van der Waals surface area contributed by atoms with Crippen molar-refractivity contribution < 1.29 is 22.4 Å². The monoisotopic (exact) mass is 289 g/mol. The zero-order chi connectivity index (χ0) is 14.9. The number of carbonyl (C=O) groups is 1. The second kappa shape index (κ2) is 5.10. The molecule has 8 heteroatoms. The highest BCUT2D eigenvalue weighted by Crippen LogP contribution is 2.33. The number of benzene rings is 1. The fraction of sp³-hybridized carbons (Fsp3) is 0.333. The number of alkyl halides is 3. The van der Waals surface area contributed by atoms with Crippen LogP contribution in [-0.2, 0) is 11.0 Å². The zero-order valence-electron chi connectivity index (χ0n) is 10.4. The molecule has 0 radical (unpaired) electrons. The number of nitrogens with one attached hydrogen (secondary N) is 2. The first-order chi connectivity index (χ1) is 9.32. The van der Waals surface area contributed by atoms with E-state index in [1.807, 2.05) is 0 Å². The van der Waals surface area contributed by atoms with Crippen molar-refractivity contribution in [3.8, 4) is 0 Å². The number of guanidine groups is 1. The number of nitrogens with zero attached hydrogens (tertiary/aromatic N) is 1. The van der Waals surface area contributed by atoms with Gasteiger partial charge in [0.15, 0.2) is 5.96 Å². The molecule has 1 heterocycles. The van der Waals surface area contributed by atoms with E-state index in [0.29, 0.717) is 18.7 Å². The van der Waals surface area contributed by atoms with Gasteiger partial charge < -0.3 is 5.32 Å². The summed E-state index contributed by atoms with van der Waals surface area (Å²) in [7, 11) is 0. The third-order valence-electron chi connectivity index (χ3n) is 2.73. The minimum Gasteiger partial charge on any atom is -0.340 e. The Bertz CT molecular complexity index is 568. The first kappa shape index (κ1) is 14.3. The summed E-state index contributed by atoms with van der Waals surface area (Å²) in [5, 5.41) is 5.06. The van der Waals surface area contributed by atoms with Crippen LogP contribution in [0.1, 0.15) is 24.1 Å². The van der Waals surface area contributed by atoms with Crippen molar-refractivity contribution in [1.82, 2.24) is 10.6 Å². The third kappa shape index (κ3) is 2.73. The lowest BCUT2D eigenvalue weighted by atomic mass is 10.0. The molecule has 0 bridgehead atoms. The molecule has 1 unspecified atom stereocenters. The Morgan fingerprint density at radius 1 is 1.35 bits per heavy atom. The van der Waals surface area contributed by atoms with Crippen molar-refractivity contribution in [1.29, 1.82) is 0 Å². The van der Waals surface area contributed by atoms with Gasteiger partial charge in [0.1, 0.15) is 11.9 Å². The van der Waals surface area contributed by atoms with Crippen LogP contribution >= 0.6 is 0 Å². The second-order valence-electron chi connectivity index (χ2n) is 4.13. The van der Waals surface area contributed by atoms with E-state index in [-0.39, 0.29) is 11.5 Å². The summed E-state index contributed by atoms with van der Waals surface area (Å²) in [6.07, 6.45) is -4.81. The predicted octanol–water partition coefficient (Wildman–Crippen LogP) is 1.98. The maximum Gasteiger partial charge on any atom is 0.419 e. The zero-order valence-corrected chi connectivity index (χ0v) is 10.4. The molecule has 20 heavy (non-hydrogen) atoms. The number of hydrogen-bond acceptors (Lipinski definition) is 2. The normalized spacial score (nSPS) is 20.9. The van der Waals surface area contributed by atoms with Gasteiger partial charge in [0, 0.05) is 6.54 Å². The van der Waals surface area contributed by atoms with E-state index in [9.17, 15) is 22.4 Å². The van der Waals surface area contributed by atoms with Crippen molar-refractivity contribution >= 4 is 11.9 Å². The van der Waals surface area contributed by atoms with Gasteiger partial charge in [-0.2, -0.15) is 13.2 Å². The van der Waals surface area contributed by atoms with Gasteiger partial charge in [-0.25, -0.2) is 4.39 Å². The molecule has 2 N–H and O–H groups in total. The Morgan fingerprint density at radius 2 is 2.05 bits per heavy atom. The molecule has 0 saturated carbocycles. The van der Waals surface area contributed by atoms with Crippen molar-refractivity contribution in [3.63, 3.8) is 0 Å². The van der Waals surface area contributed by atoms with E-state index in [2.05, 4.69) is 15.6 Å². The van der Waals surface area contributed by atoms with Crippen molar-refractivity contribution in [2.45, 2.75) is 19.1 Å². The highest BCUT2D eigenvalue weighted by molar-refractivity contribution is 6.06. The Morgan fingerprint density at radius 3 is 2.65 bits per heavy atom. The lowest BCUT2D eigenvalue weighted by Crippen LogP contribution is -2.25. The molecule has 1 aromatic carbocycles. The molecule has 0 aliphatic carbocycles. The van der Waals surface area contributed by atoms with E-state index in [1.54, 1.807) is 6.92 Å². The Hall–Kier alpha value is -2.12. The number of hydrogen-bond donors (Lipinski definition) is 2. The molecular weight excluding hydrogens is 278 g/mol. The summed E-state index contributed by atoms with van der Waals surface area (Å²) in [6, 6.07) is 1.45. The van der Waals surface area contributed by atoms with Crippen LogP contribution < -0.4 is 10.6 Å². The Balaban J connectivity index is 2.35. The number of halogens is 4. The average molecular weight is 289 g/mol. The summed E-state index contributed by atoms with van der Waals surface area (Å²) < 4.78 is 51.1. The molecule has 1 atom stereocenters. The van der Waals surface area contributed by atoms with Gasteiger partial charge in [-0.15, -0.1) is 0 Å². The standard InChI is InChI=1S/C12H11F4N3O/c1-2-17-11-18-9(10(20)19-11)6-3-4-8(13)7(5-6)12(14,15)16/h3-5,9H,2H2,1H3,(H2,17,18,19,20). The summed E-state index contributed by atoms with van der Waals surface area (Å²) >= 11 is 0. The maximum absolute atomic E-state index is 13.2. The number of amides is 1. The quantitative estimate of drug-likeness (QED) is 0.818. The van der Waals surface area contributed by atoms with Crippen molar-refractivity contribution in [2.75, 3.05) is 6.54 Å². The van der Waals surface area contributed by atoms with Gasteiger partial charge in [-0.1, -0.05) is 6.07 Å². The molecule has 1 aromatic rings. The van der Waals surface area contributed by atoms with Crippen LogP contribution in [0.4, 0.5) is 17.6 Å². The number of aliphatic imine (C=N–C) groups is 1. The summed E-state index contributed by atoms with van der Waals surface area (Å²) in [6.45, 7) is 2.15. The molecule has 1 aliphatic heterocycles. The fourth-order valence-corrected chi connectivity index (χ4v) is 1.84. The second-order valence-corrected chi connectivity index (χ2v) is 4.13. The van der Waals surface area contributed by atoms with Crippen LogP contribution in [0.15, 0.2) is 23.2 Å². The molecule has 0 spiro atoms. The lowest BCUT2D eigenvalue weighted by molar-refractivity contribution is -0.140. The van der Waals surface area contributed by atoms with Gasteiger partial charge in [0.05, 0.1) is 5.56 Å². The molecule has 0 aromatic heterocycles. The SMILES string of the molecule is CCN=C1NC(=O)C(c2ccc(F)c(C(F)(F)F)c2)N1. The van der Waals surface area contributed by atoms with Gasteiger partial charge in [-0.3, -0.25) is 15.1 Å². The average Bonchev–Trinajstić information content (AvgIpc) is 2.70. The molecule has 1 fully saturated rings. The highest BCUT2D eigenvalue weighted by Gasteiger charge is 2.36. The molecular formula is C12H11F4N3O. The van der Waals surface area contributed by atoms with E-state index in [1.165, 1.54) is 0 Å².